The molecule has 1 aromatic carbocycles. The van der Waals surface area contributed by atoms with Gasteiger partial charge in [0.2, 0.25) is 0 Å². The van der Waals surface area contributed by atoms with Gasteiger partial charge in [0.1, 0.15) is 11.7 Å². The monoisotopic (exact) mass is 326 g/mol. The third kappa shape index (κ3) is 4.54. The number of nitrogens with zero attached hydrogens (tertiary/aromatic N) is 2. The zero-order valence-electron chi connectivity index (χ0n) is 13.2. The molecule has 0 aliphatic carbocycles. The van der Waals surface area contributed by atoms with Gasteiger partial charge in [0.15, 0.2) is 11.6 Å². The van der Waals surface area contributed by atoms with E-state index in [2.05, 4.69) is 0 Å². The molecule has 2 rings (SSSR count). The van der Waals surface area contributed by atoms with Crippen LogP contribution in [0.25, 0.3) is 0 Å². The van der Waals surface area contributed by atoms with Crippen molar-refractivity contribution in [1.82, 2.24) is 4.90 Å². The second kappa shape index (κ2) is 6.39. The molecule has 1 saturated heterocycles. The van der Waals surface area contributed by atoms with E-state index >= 15 is 0 Å². The summed E-state index contributed by atoms with van der Waals surface area (Å²) >= 11 is 0. The van der Waals surface area contributed by atoms with E-state index < -0.39 is 22.4 Å². The van der Waals surface area contributed by atoms with Crippen LogP contribution in [0.15, 0.2) is 18.2 Å². The molecule has 126 valence electrons. The predicted octanol–water partition coefficient (Wildman–Crippen LogP) is 3.12. The zero-order chi connectivity index (χ0) is 17.2. The van der Waals surface area contributed by atoms with Crippen LogP contribution in [-0.4, -0.2) is 40.7 Å². The number of amides is 1. The van der Waals surface area contributed by atoms with E-state index in [1.165, 1.54) is 17.0 Å². The Morgan fingerprint density at radius 2 is 2.13 bits per heavy atom. The first-order valence-corrected chi connectivity index (χ1v) is 7.24. The number of rotatable bonds is 3. The molecule has 0 N–H and O–H groups in total. The topological polar surface area (TPSA) is 81.9 Å². The number of hydrogen-bond acceptors (Lipinski definition) is 5. The first-order valence-electron chi connectivity index (χ1n) is 7.24. The Kier molecular flexibility index (Phi) is 4.72. The fourth-order valence-electron chi connectivity index (χ4n) is 2.20. The summed E-state index contributed by atoms with van der Waals surface area (Å²) < 4.78 is 24.6. The maximum absolute atomic E-state index is 13.8. The van der Waals surface area contributed by atoms with Gasteiger partial charge < -0.3 is 14.4 Å². The Hall–Kier alpha value is -2.38. The number of carbonyl (C=O) groups is 1. The number of nitro benzene ring substituents is 1. The van der Waals surface area contributed by atoms with Gasteiger partial charge in [-0.05, 0) is 26.8 Å². The molecule has 0 bridgehead atoms. The first kappa shape index (κ1) is 17.0. The Balaban J connectivity index is 1.96. The highest BCUT2D eigenvalue weighted by atomic mass is 19.1. The number of halogens is 1. The molecule has 0 unspecified atom stereocenters. The van der Waals surface area contributed by atoms with Crippen LogP contribution in [-0.2, 0) is 4.74 Å². The standard InChI is InChI=1S/C15H19FN2O5/c1-15(2,3)23-14(19)17-7-6-11(9-17)22-13-5-4-10(18(20)21)8-12(13)16/h4-5,8,11H,6-7,9H2,1-3H3/t11-/m0/s1. The summed E-state index contributed by atoms with van der Waals surface area (Å²) in [6.45, 7) is 6.07. The Morgan fingerprint density at radius 1 is 1.43 bits per heavy atom. The van der Waals surface area contributed by atoms with Crippen LogP contribution < -0.4 is 4.74 Å². The molecule has 23 heavy (non-hydrogen) atoms. The van der Waals surface area contributed by atoms with Gasteiger partial charge in [-0.15, -0.1) is 0 Å². The third-order valence-electron chi connectivity index (χ3n) is 3.22. The molecule has 1 aliphatic rings. The van der Waals surface area contributed by atoms with E-state index in [0.717, 1.165) is 6.07 Å². The van der Waals surface area contributed by atoms with Crippen molar-refractivity contribution in [3.8, 4) is 5.75 Å². The molecule has 7 nitrogen and oxygen atoms in total. The molecule has 1 fully saturated rings. The molecule has 0 saturated carbocycles. The van der Waals surface area contributed by atoms with Crippen molar-refractivity contribution in [2.24, 2.45) is 0 Å². The number of nitro groups is 1. The Bertz CT molecular complexity index is 614. The van der Waals surface area contributed by atoms with E-state index in [9.17, 15) is 19.3 Å². The van der Waals surface area contributed by atoms with Gasteiger partial charge in [-0.1, -0.05) is 0 Å². The van der Waals surface area contributed by atoms with Gasteiger partial charge in [-0.25, -0.2) is 9.18 Å². The molecule has 1 heterocycles. The number of ether oxygens (including phenoxy) is 2. The van der Waals surface area contributed by atoms with Crippen LogP contribution >= 0.6 is 0 Å². The Morgan fingerprint density at radius 3 is 2.70 bits per heavy atom. The minimum Gasteiger partial charge on any atom is -0.485 e. The summed E-state index contributed by atoms with van der Waals surface area (Å²) in [5.74, 6) is -0.860. The van der Waals surface area contributed by atoms with Crippen molar-refractivity contribution in [2.45, 2.75) is 38.9 Å². The molecule has 0 aromatic heterocycles. The smallest absolute Gasteiger partial charge is 0.410 e. The summed E-state index contributed by atoms with van der Waals surface area (Å²) in [4.78, 5) is 23.4. The lowest BCUT2D eigenvalue weighted by Gasteiger charge is -2.24. The summed E-state index contributed by atoms with van der Waals surface area (Å²) in [5, 5.41) is 10.6. The van der Waals surface area contributed by atoms with Crippen LogP contribution in [0, 0.1) is 15.9 Å². The fraction of sp³-hybridized carbons (Fsp3) is 0.533. The first-order chi connectivity index (χ1) is 10.7. The van der Waals surface area contributed by atoms with E-state index in [4.69, 9.17) is 9.47 Å². The molecule has 0 spiro atoms. The van der Waals surface area contributed by atoms with E-state index in [1.54, 1.807) is 20.8 Å². The summed E-state index contributed by atoms with van der Waals surface area (Å²) in [6.07, 6.45) is -0.276. The van der Waals surface area contributed by atoms with Gasteiger partial charge in [-0.3, -0.25) is 10.1 Å². The molecule has 1 aromatic rings. The fourth-order valence-corrected chi connectivity index (χ4v) is 2.20. The molecular weight excluding hydrogens is 307 g/mol. The quantitative estimate of drug-likeness (QED) is 0.629. The summed E-state index contributed by atoms with van der Waals surface area (Å²) in [5.41, 5.74) is -0.919. The molecular formula is C15H19FN2O5. The highest BCUT2D eigenvalue weighted by molar-refractivity contribution is 5.68. The maximum Gasteiger partial charge on any atom is 0.410 e. The van der Waals surface area contributed by atoms with Crippen LogP contribution in [0.3, 0.4) is 0 Å². The molecule has 0 radical (unpaired) electrons. The van der Waals surface area contributed by atoms with Crippen LogP contribution in [0.4, 0.5) is 14.9 Å². The van der Waals surface area contributed by atoms with Crippen molar-refractivity contribution in [3.05, 3.63) is 34.1 Å². The van der Waals surface area contributed by atoms with E-state index in [0.29, 0.717) is 13.0 Å². The number of carbonyl (C=O) groups excluding carboxylic acids is 1. The molecule has 1 amide bonds. The van der Waals surface area contributed by atoms with Crippen LogP contribution in [0.1, 0.15) is 27.2 Å². The second-order valence-electron chi connectivity index (χ2n) is 6.33. The third-order valence-corrected chi connectivity index (χ3v) is 3.22. The summed E-state index contributed by atoms with van der Waals surface area (Å²) in [6, 6.07) is 3.22. The number of non-ortho nitro benzene ring substituents is 1. The van der Waals surface area contributed by atoms with E-state index in [-0.39, 0.29) is 24.1 Å². The van der Waals surface area contributed by atoms with E-state index in [1.807, 2.05) is 0 Å². The average molecular weight is 326 g/mol. The number of benzene rings is 1. The SMILES string of the molecule is CC(C)(C)OC(=O)N1CC[C@H](Oc2ccc([N+](=O)[O-])cc2F)C1. The lowest BCUT2D eigenvalue weighted by atomic mass is 10.2. The molecule has 1 atom stereocenters. The number of likely N-dealkylation sites (tertiary alicyclic amines) is 1. The van der Waals surface area contributed by atoms with Crippen molar-refractivity contribution < 1.29 is 23.6 Å². The lowest BCUT2D eigenvalue weighted by molar-refractivity contribution is -0.385. The molecule has 8 heteroatoms. The highest BCUT2D eigenvalue weighted by Crippen LogP contribution is 2.26. The minimum atomic E-state index is -0.796. The normalized spacial score (nSPS) is 17.9. The summed E-state index contributed by atoms with van der Waals surface area (Å²) in [7, 11) is 0. The minimum absolute atomic E-state index is 0.0633. The van der Waals surface area contributed by atoms with Crippen LogP contribution in [0.2, 0.25) is 0 Å². The van der Waals surface area contributed by atoms with Gasteiger partial charge in [-0.2, -0.15) is 0 Å². The number of hydrogen-bond donors (Lipinski definition) is 0. The van der Waals surface area contributed by atoms with Crippen molar-refractivity contribution in [2.75, 3.05) is 13.1 Å². The van der Waals surface area contributed by atoms with Gasteiger partial charge >= 0.3 is 6.09 Å². The van der Waals surface area contributed by atoms with Crippen LogP contribution in [0.5, 0.6) is 5.75 Å². The molecule has 1 aliphatic heterocycles. The lowest BCUT2D eigenvalue weighted by Crippen LogP contribution is -2.36. The van der Waals surface area contributed by atoms with Gasteiger partial charge in [0, 0.05) is 19.0 Å². The van der Waals surface area contributed by atoms with Crippen molar-refractivity contribution >= 4 is 11.8 Å². The van der Waals surface area contributed by atoms with Crippen molar-refractivity contribution in [3.63, 3.8) is 0 Å². The van der Waals surface area contributed by atoms with Gasteiger partial charge in [0.25, 0.3) is 5.69 Å². The second-order valence-corrected chi connectivity index (χ2v) is 6.33. The predicted molar refractivity (Wildman–Crippen MR) is 79.9 cm³/mol. The Labute approximate surface area is 133 Å². The van der Waals surface area contributed by atoms with Gasteiger partial charge in [0.05, 0.1) is 17.5 Å². The highest BCUT2D eigenvalue weighted by Gasteiger charge is 2.31. The zero-order valence-corrected chi connectivity index (χ0v) is 13.2. The maximum atomic E-state index is 13.8. The largest absolute Gasteiger partial charge is 0.485 e. The average Bonchev–Trinajstić information content (AvgIpc) is 2.87. The van der Waals surface area contributed by atoms with Crippen molar-refractivity contribution in [1.29, 1.82) is 0 Å².